The quantitative estimate of drug-likeness (QED) is 0.638. The number of aromatic hydroxyl groups is 1. The highest BCUT2D eigenvalue weighted by Crippen LogP contribution is 2.36. The number of benzene rings is 1. The minimum absolute atomic E-state index is 0.0337. The Bertz CT molecular complexity index is 454. The van der Waals surface area contributed by atoms with Crippen molar-refractivity contribution in [1.82, 2.24) is 0 Å². The molecule has 0 aliphatic rings. The fourth-order valence-electron chi connectivity index (χ4n) is 2.02. The van der Waals surface area contributed by atoms with Crippen molar-refractivity contribution in [3.8, 4) is 11.5 Å². The molecule has 1 rings (SSSR count). The van der Waals surface area contributed by atoms with Crippen molar-refractivity contribution in [1.29, 1.82) is 0 Å². The standard InChI is InChI=1S/C15H22O5/c1-3-5-12-13(17)8-7-11(10(2)16)15(12)20-9-4-6-14(18)19/h7-8,10,16-17H,3-6,9H2,1-2H3,(H,18,19). The Hall–Kier alpha value is -1.75. The number of carbonyl (C=O) groups is 1. The maximum atomic E-state index is 10.5. The first-order valence-corrected chi connectivity index (χ1v) is 6.84. The third kappa shape index (κ3) is 4.42. The molecule has 20 heavy (non-hydrogen) atoms. The summed E-state index contributed by atoms with van der Waals surface area (Å²) in [6.07, 6.45) is 1.19. The van der Waals surface area contributed by atoms with Crippen LogP contribution in [-0.4, -0.2) is 27.9 Å². The van der Waals surface area contributed by atoms with E-state index in [9.17, 15) is 15.0 Å². The molecule has 1 aromatic carbocycles. The van der Waals surface area contributed by atoms with Crippen LogP contribution in [0.25, 0.3) is 0 Å². The zero-order valence-electron chi connectivity index (χ0n) is 11.9. The average molecular weight is 282 g/mol. The van der Waals surface area contributed by atoms with E-state index in [1.165, 1.54) is 0 Å². The fourth-order valence-corrected chi connectivity index (χ4v) is 2.02. The van der Waals surface area contributed by atoms with Gasteiger partial charge in [-0.3, -0.25) is 4.79 Å². The van der Waals surface area contributed by atoms with Gasteiger partial charge in [-0.15, -0.1) is 0 Å². The molecule has 3 N–H and O–H groups in total. The Morgan fingerprint density at radius 1 is 1.40 bits per heavy atom. The summed E-state index contributed by atoms with van der Waals surface area (Å²) >= 11 is 0. The van der Waals surface area contributed by atoms with E-state index in [4.69, 9.17) is 9.84 Å². The minimum Gasteiger partial charge on any atom is -0.508 e. The third-order valence-electron chi connectivity index (χ3n) is 3.00. The molecule has 5 heteroatoms. The second kappa shape index (κ2) is 7.75. The second-order valence-corrected chi connectivity index (χ2v) is 4.75. The minimum atomic E-state index is -0.867. The number of aliphatic carboxylic acids is 1. The smallest absolute Gasteiger partial charge is 0.303 e. The molecule has 0 amide bonds. The number of aliphatic hydroxyl groups is 1. The van der Waals surface area contributed by atoms with Crippen molar-refractivity contribution in [2.24, 2.45) is 0 Å². The number of rotatable bonds is 8. The summed E-state index contributed by atoms with van der Waals surface area (Å²) in [7, 11) is 0. The molecule has 1 unspecified atom stereocenters. The summed E-state index contributed by atoms with van der Waals surface area (Å²) in [6, 6.07) is 3.18. The summed E-state index contributed by atoms with van der Waals surface area (Å²) in [5.41, 5.74) is 1.28. The molecular formula is C15H22O5. The van der Waals surface area contributed by atoms with E-state index in [0.717, 1.165) is 6.42 Å². The molecule has 0 spiro atoms. The molecule has 0 saturated carbocycles. The summed E-state index contributed by atoms with van der Waals surface area (Å²) < 4.78 is 5.63. The van der Waals surface area contributed by atoms with Crippen LogP contribution in [0.4, 0.5) is 0 Å². The molecule has 0 radical (unpaired) electrons. The summed E-state index contributed by atoms with van der Waals surface area (Å²) in [5, 5.41) is 28.3. The monoisotopic (exact) mass is 282 g/mol. The van der Waals surface area contributed by atoms with Gasteiger partial charge in [0.1, 0.15) is 11.5 Å². The maximum absolute atomic E-state index is 10.5. The van der Waals surface area contributed by atoms with Crippen molar-refractivity contribution < 1.29 is 24.9 Å². The Kier molecular flexibility index (Phi) is 6.31. The fraction of sp³-hybridized carbons (Fsp3) is 0.533. The number of hydrogen-bond acceptors (Lipinski definition) is 4. The first-order chi connectivity index (χ1) is 9.47. The average Bonchev–Trinajstić information content (AvgIpc) is 2.37. The first-order valence-electron chi connectivity index (χ1n) is 6.84. The number of ether oxygens (including phenoxy) is 1. The van der Waals surface area contributed by atoms with Gasteiger partial charge in [0.05, 0.1) is 12.7 Å². The van der Waals surface area contributed by atoms with Crippen LogP contribution in [0.1, 0.15) is 50.3 Å². The van der Waals surface area contributed by atoms with Crippen LogP contribution in [0.3, 0.4) is 0 Å². The molecule has 0 fully saturated rings. The van der Waals surface area contributed by atoms with Crippen molar-refractivity contribution in [3.05, 3.63) is 23.3 Å². The maximum Gasteiger partial charge on any atom is 0.303 e. The Morgan fingerprint density at radius 3 is 2.65 bits per heavy atom. The molecular weight excluding hydrogens is 260 g/mol. The van der Waals surface area contributed by atoms with Crippen LogP contribution in [0, 0.1) is 0 Å². The van der Waals surface area contributed by atoms with E-state index >= 15 is 0 Å². The SMILES string of the molecule is CCCc1c(O)ccc(C(C)O)c1OCCCC(=O)O. The summed E-state index contributed by atoms with van der Waals surface area (Å²) in [6.45, 7) is 3.86. The van der Waals surface area contributed by atoms with Crippen LogP contribution in [0.5, 0.6) is 11.5 Å². The molecule has 0 aromatic heterocycles. The van der Waals surface area contributed by atoms with Gasteiger partial charge in [0.15, 0.2) is 0 Å². The predicted octanol–water partition coefficient (Wildman–Crippen LogP) is 2.64. The van der Waals surface area contributed by atoms with Gasteiger partial charge >= 0.3 is 5.97 Å². The van der Waals surface area contributed by atoms with E-state index in [2.05, 4.69) is 0 Å². The van der Waals surface area contributed by atoms with Gasteiger partial charge < -0.3 is 20.1 Å². The van der Waals surface area contributed by atoms with Crippen molar-refractivity contribution in [2.75, 3.05) is 6.61 Å². The Balaban J connectivity index is 2.93. The molecule has 0 aliphatic carbocycles. The highest BCUT2D eigenvalue weighted by Gasteiger charge is 2.17. The predicted molar refractivity (Wildman–Crippen MR) is 75.1 cm³/mol. The number of phenols is 1. The third-order valence-corrected chi connectivity index (χ3v) is 3.00. The molecule has 1 aromatic rings. The van der Waals surface area contributed by atoms with Crippen LogP contribution in [0.15, 0.2) is 12.1 Å². The van der Waals surface area contributed by atoms with Gasteiger partial charge in [-0.2, -0.15) is 0 Å². The lowest BCUT2D eigenvalue weighted by Crippen LogP contribution is -2.07. The Labute approximate surface area is 118 Å². The van der Waals surface area contributed by atoms with E-state index in [1.54, 1.807) is 19.1 Å². The Morgan fingerprint density at radius 2 is 2.10 bits per heavy atom. The van der Waals surface area contributed by atoms with Gasteiger partial charge in [0.25, 0.3) is 0 Å². The highest BCUT2D eigenvalue weighted by atomic mass is 16.5. The molecule has 0 heterocycles. The number of carboxylic acid groups (broad SMARTS) is 1. The number of phenolic OH excluding ortho intramolecular Hbond substituents is 1. The van der Waals surface area contributed by atoms with Crippen LogP contribution < -0.4 is 4.74 Å². The largest absolute Gasteiger partial charge is 0.508 e. The summed E-state index contributed by atoms with van der Waals surface area (Å²) in [5.74, 6) is -0.245. The van der Waals surface area contributed by atoms with Gasteiger partial charge in [-0.05, 0) is 31.9 Å². The molecule has 5 nitrogen and oxygen atoms in total. The van der Waals surface area contributed by atoms with Crippen molar-refractivity contribution in [2.45, 2.75) is 45.6 Å². The van der Waals surface area contributed by atoms with E-state index in [1.807, 2.05) is 6.92 Å². The summed E-state index contributed by atoms with van der Waals surface area (Å²) in [4.78, 5) is 10.5. The van der Waals surface area contributed by atoms with Gasteiger partial charge in [-0.1, -0.05) is 13.3 Å². The molecule has 112 valence electrons. The molecule has 0 saturated heterocycles. The van der Waals surface area contributed by atoms with Crippen molar-refractivity contribution in [3.63, 3.8) is 0 Å². The number of hydrogen-bond donors (Lipinski definition) is 3. The normalized spacial score (nSPS) is 12.2. The lowest BCUT2D eigenvalue weighted by Gasteiger charge is -2.18. The van der Waals surface area contributed by atoms with Crippen LogP contribution >= 0.6 is 0 Å². The zero-order valence-corrected chi connectivity index (χ0v) is 11.9. The highest BCUT2D eigenvalue weighted by molar-refractivity contribution is 5.66. The molecule has 0 bridgehead atoms. The van der Waals surface area contributed by atoms with E-state index in [0.29, 0.717) is 29.7 Å². The van der Waals surface area contributed by atoms with Crippen LogP contribution in [0.2, 0.25) is 0 Å². The zero-order chi connectivity index (χ0) is 15.1. The van der Waals surface area contributed by atoms with Crippen molar-refractivity contribution >= 4 is 5.97 Å². The first kappa shape index (κ1) is 16.3. The topological polar surface area (TPSA) is 87.0 Å². The van der Waals surface area contributed by atoms with Gasteiger partial charge in [0, 0.05) is 17.5 Å². The van der Waals surface area contributed by atoms with Gasteiger partial charge in [-0.25, -0.2) is 0 Å². The van der Waals surface area contributed by atoms with E-state index in [-0.39, 0.29) is 18.8 Å². The van der Waals surface area contributed by atoms with Crippen LogP contribution in [-0.2, 0) is 11.2 Å². The van der Waals surface area contributed by atoms with Gasteiger partial charge in [0.2, 0.25) is 0 Å². The number of carboxylic acids is 1. The lowest BCUT2D eigenvalue weighted by molar-refractivity contribution is -0.137. The lowest BCUT2D eigenvalue weighted by atomic mass is 10.0. The molecule has 0 aliphatic heterocycles. The second-order valence-electron chi connectivity index (χ2n) is 4.75. The van der Waals surface area contributed by atoms with E-state index < -0.39 is 12.1 Å². The number of aliphatic hydroxyl groups excluding tert-OH is 1. The molecule has 1 atom stereocenters.